The van der Waals surface area contributed by atoms with Gasteiger partial charge in [-0.1, -0.05) is 0 Å². The summed E-state index contributed by atoms with van der Waals surface area (Å²) in [7, 11) is -3.61. The van der Waals surface area contributed by atoms with E-state index in [9.17, 15) is 0 Å². The largest absolute Gasteiger partial charge is 0.439 e. The highest BCUT2D eigenvalue weighted by atomic mass is 28.5. The number of rotatable bonds is 12. The Morgan fingerprint density at radius 3 is 1.70 bits per heavy atom. The molecule has 140 valence electrons. The van der Waals surface area contributed by atoms with Crippen molar-refractivity contribution in [3.8, 4) is 0 Å². The van der Waals surface area contributed by atoms with Gasteiger partial charge in [-0.05, 0) is 76.6 Å². The minimum absolute atomic E-state index is 0.983. The zero-order valence-corrected chi connectivity index (χ0v) is 22.4. The Labute approximate surface area is 151 Å². The van der Waals surface area contributed by atoms with Crippen molar-refractivity contribution < 1.29 is 17.1 Å². The van der Waals surface area contributed by atoms with Crippen LogP contribution in [0.3, 0.4) is 0 Å². The normalized spacial score (nSPS) is 16.4. The third-order valence-electron chi connectivity index (χ3n) is 4.27. The molecule has 23 heavy (non-hydrogen) atoms. The lowest BCUT2D eigenvalue weighted by Crippen LogP contribution is -2.49. The molecule has 0 bridgehead atoms. The van der Waals surface area contributed by atoms with Gasteiger partial charge in [-0.3, -0.25) is 0 Å². The van der Waals surface area contributed by atoms with Gasteiger partial charge in [0.05, 0.1) is 0 Å². The lowest BCUT2D eigenvalue weighted by Gasteiger charge is -2.36. The molecule has 0 aliphatic carbocycles. The summed E-state index contributed by atoms with van der Waals surface area (Å²) in [6.45, 7) is 18.2. The molecule has 0 rings (SSSR count). The van der Waals surface area contributed by atoms with E-state index in [1.54, 1.807) is 0 Å². The molecule has 2 unspecified atom stereocenters. The van der Waals surface area contributed by atoms with Gasteiger partial charge >= 0.3 is 8.56 Å². The number of hydrogen-bond donors (Lipinski definition) is 0. The number of hydrogen-bond acceptors (Lipinski definition) is 4. The molecule has 0 aromatic heterocycles. The highest BCUT2D eigenvalue weighted by Gasteiger charge is 2.36. The summed E-state index contributed by atoms with van der Waals surface area (Å²) in [5.74, 6) is 0. The summed E-state index contributed by atoms with van der Waals surface area (Å²) in [6.07, 6.45) is 0. The predicted octanol–water partition coefficient (Wildman–Crippen LogP) is 4.13. The van der Waals surface area contributed by atoms with Gasteiger partial charge in [0, 0.05) is 14.2 Å². The third kappa shape index (κ3) is 12.0. The quantitative estimate of drug-likeness (QED) is 0.452. The van der Waals surface area contributed by atoms with E-state index >= 15 is 0 Å². The Kier molecular flexibility index (Phi) is 10.6. The highest BCUT2D eigenvalue weighted by molar-refractivity contribution is 6.85. The van der Waals surface area contributed by atoms with Crippen LogP contribution in [0, 0.1) is 0 Å². The zero-order chi connectivity index (χ0) is 18.3. The molecule has 0 aromatic rings. The average molecular weight is 413 g/mol. The average Bonchev–Trinajstić information content (AvgIpc) is 2.41. The van der Waals surface area contributed by atoms with E-state index in [4.69, 9.17) is 17.1 Å². The van der Waals surface area contributed by atoms with Gasteiger partial charge in [0.2, 0.25) is 0 Å². The summed E-state index contributed by atoms with van der Waals surface area (Å²) in [4.78, 5) is 0. The fraction of sp³-hybridized carbons (Fsp3) is 1.00. The van der Waals surface area contributed by atoms with Crippen LogP contribution in [0.2, 0.25) is 76.6 Å². The van der Waals surface area contributed by atoms with Crippen LogP contribution in [-0.4, -0.2) is 57.5 Å². The first kappa shape index (κ1) is 23.9. The minimum Gasteiger partial charge on any atom is -0.439 e. The van der Waals surface area contributed by atoms with E-state index in [-0.39, 0.29) is 0 Å². The van der Waals surface area contributed by atoms with Gasteiger partial charge in [-0.15, -0.1) is 0 Å². The third-order valence-corrected chi connectivity index (χ3v) is 20.6. The second-order valence-corrected chi connectivity index (χ2v) is 26.2. The molecule has 0 fully saturated rings. The molecule has 9 heteroatoms. The predicted molar refractivity (Wildman–Crippen MR) is 114 cm³/mol. The molecule has 0 N–H and O–H groups in total. The van der Waals surface area contributed by atoms with Crippen molar-refractivity contribution in [1.29, 1.82) is 0 Å². The first-order valence-electron chi connectivity index (χ1n) is 8.78. The smallest absolute Gasteiger partial charge is 0.310 e. The van der Waals surface area contributed by atoms with Crippen LogP contribution in [0.5, 0.6) is 0 Å². The molecular weight excluding hydrogens is 373 g/mol. The van der Waals surface area contributed by atoms with E-state index in [2.05, 4.69) is 52.4 Å². The topological polar surface area (TPSA) is 36.9 Å². The van der Waals surface area contributed by atoms with Crippen molar-refractivity contribution in [3.63, 3.8) is 0 Å². The van der Waals surface area contributed by atoms with Crippen LogP contribution in [0.15, 0.2) is 0 Å². The van der Waals surface area contributed by atoms with Crippen LogP contribution in [0.4, 0.5) is 0 Å². The minimum atomic E-state index is -2.02. The fourth-order valence-corrected chi connectivity index (χ4v) is 22.6. The Bertz CT molecular complexity index is 339. The molecule has 0 aliphatic rings. The van der Waals surface area contributed by atoms with Gasteiger partial charge in [0.25, 0.3) is 0 Å². The molecule has 0 spiro atoms. The van der Waals surface area contributed by atoms with Crippen LogP contribution in [0.25, 0.3) is 0 Å². The highest BCUT2D eigenvalue weighted by Crippen LogP contribution is 2.24. The van der Waals surface area contributed by atoms with Crippen molar-refractivity contribution >= 4 is 43.3 Å². The van der Waals surface area contributed by atoms with E-state index in [1.165, 1.54) is 24.2 Å². The summed E-state index contributed by atoms with van der Waals surface area (Å²) in [5, 5.41) is 0. The molecule has 0 saturated heterocycles. The maximum Gasteiger partial charge on any atom is 0.310 e. The maximum absolute atomic E-state index is 6.59. The van der Waals surface area contributed by atoms with Crippen LogP contribution < -0.4 is 0 Å². The molecule has 0 amide bonds. The summed E-state index contributed by atoms with van der Waals surface area (Å²) >= 11 is 0. The van der Waals surface area contributed by atoms with Gasteiger partial charge in [0.1, 0.15) is 0 Å². The molecule has 0 aromatic carbocycles. The van der Waals surface area contributed by atoms with Gasteiger partial charge in [-0.25, -0.2) is 0 Å². The summed E-state index contributed by atoms with van der Waals surface area (Å²) < 4.78 is 24.2. The first-order chi connectivity index (χ1) is 10.3. The van der Waals surface area contributed by atoms with Gasteiger partial charge in [0.15, 0.2) is 34.7 Å². The molecule has 0 saturated carbocycles. The molecular formula is C14H40O4Si5. The first-order valence-corrected chi connectivity index (χ1v) is 22.7. The van der Waals surface area contributed by atoms with Crippen molar-refractivity contribution in [1.82, 2.24) is 0 Å². The second-order valence-electron chi connectivity index (χ2n) is 8.28. The van der Waals surface area contributed by atoms with Crippen LogP contribution in [-0.2, 0) is 17.1 Å². The van der Waals surface area contributed by atoms with Crippen LogP contribution >= 0.6 is 0 Å². The molecule has 4 nitrogen and oxygen atoms in total. The van der Waals surface area contributed by atoms with Crippen molar-refractivity contribution in [2.24, 2.45) is 0 Å². The van der Waals surface area contributed by atoms with Crippen LogP contribution in [0.1, 0.15) is 0 Å². The SMILES string of the molecule is CO[SiH](C)CC[Si](C)(C)O[Si](C)(C)O[SiH](C)CC[Si](C)(C)OC. The zero-order valence-electron chi connectivity index (χ0n) is 17.1. The van der Waals surface area contributed by atoms with E-state index in [1.807, 2.05) is 14.2 Å². The van der Waals surface area contributed by atoms with E-state index < -0.39 is 43.3 Å². The van der Waals surface area contributed by atoms with E-state index in [0.717, 1.165) is 0 Å². The Balaban J connectivity index is 4.39. The second kappa shape index (κ2) is 10.2. The Hall–Kier alpha value is 0.924. The monoisotopic (exact) mass is 412 g/mol. The van der Waals surface area contributed by atoms with Crippen molar-refractivity contribution in [2.75, 3.05) is 14.2 Å². The molecule has 0 aliphatic heterocycles. The maximum atomic E-state index is 6.59. The molecule has 2 atom stereocenters. The summed E-state index contributed by atoms with van der Waals surface area (Å²) in [6, 6.07) is 4.79. The lowest BCUT2D eigenvalue weighted by atomic mass is 10.9. The fourth-order valence-electron chi connectivity index (χ4n) is 2.61. The van der Waals surface area contributed by atoms with Gasteiger partial charge < -0.3 is 17.1 Å². The molecule has 0 heterocycles. The van der Waals surface area contributed by atoms with Gasteiger partial charge in [-0.2, -0.15) is 0 Å². The summed E-state index contributed by atoms with van der Waals surface area (Å²) in [5.41, 5.74) is 0. The standard InChI is InChI=1S/C14H40O4Si5/c1-15-19(3)11-14-22(7,8)18-23(9,10)17-20(4)12-13-21(5,6)16-2/h19-20H,11-14H2,1-10H3. The lowest BCUT2D eigenvalue weighted by molar-refractivity contribution is 0.392. The van der Waals surface area contributed by atoms with E-state index in [0.29, 0.717) is 0 Å². The van der Waals surface area contributed by atoms with Crippen molar-refractivity contribution in [2.45, 2.75) is 76.6 Å². The molecule has 0 radical (unpaired) electrons. The Morgan fingerprint density at radius 2 is 1.22 bits per heavy atom. The Morgan fingerprint density at radius 1 is 0.739 bits per heavy atom. The van der Waals surface area contributed by atoms with Crippen molar-refractivity contribution in [3.05, 3.63) is 0 Å².